The zero-order valence-corrected chi connectivity index (χ0v) is 20.6. The molecule has 2 aromatic carbocycles. The van der Waals surface area contributed by atoms with E-state index in [0.717, 1.165) is 56.6 Å². The van der Waals surface area contributed by atoms with Crippen LogP contribution >= 0.6 is 0 Å². The van der Waals surface area contributed by atoms with Crippen LogP contribution in [-0.2, 0) is 17.4 Å². The number of allylic oxidation sites excluding steroid dienone is 1. The number of rotatable bonds is 10. The summed E-state index contributed by atoms with van der Waals surface area (Å²) in [5.74, 6) is 1.74. The molecule has 3 rings (SSSR count). The van der Waals surface area contributed by atoms with Gasteiger partial charge in [-0.2, -0.15) is 0 Å². The monoisotopic (exact) mass is 454 g/mol. The van der Waals surface area contributed by atoms with E-state index < -0.39 is 11.0 Å². The first-order valence-corrected chi connectivity index (χ1v) is 13.1. The third kappa shape index (κ3) is 6.02. The summed E-state index contributed by atoms with van der Waals surface area (Å²) >= 11 is 0. The second kappa shape index (κ2) is 11.7. The summed E-state index contributed by atoms with van der Waals surface area (Å²) in [5, 5.41) is 5.70. The molecule has 1 aliphatic rings. The van der Waals surface area contributed by atoms with Gasteiger partial charge in [-0.25, -0.2) is 9.35 Å². The predicted octanol–water partition coefficient (Wildman–Crippen LogP) is 5.90. The topological polar surface area (TPSA) is 55.6 Å². The molecule has 0 spiro atoms. The minimum atomic E-state index is -1.51. The fourth-order valence-corrected chi connectivity index (χ4v) is 5.11. The van der Waals surface area contributed by atoms with Gasteiger partial charge in [-0.3, -0.25) is 0 Å². The van der Waals surface area contributed by atoms with Gasteiger partial charge in [0.25, 0.3) is 0 Å². The summed E-state index contributed by atoms with van der Waals surface area (Å²) in [7, 11) is -1.51. The molecule has 2 aromatic rings. The number of aryl methyl sites for hydroxylation is 2. The summed E-state index contributed by atoms with van der Waals surface area (Å²) in [6.07, 6.45) is 7.48. The largest absolute Gasteiger partial charge is 0.491 e. The van der Waals surface area contributed by atoms with Crippen molar-refractivity contribution in [3.05, 3.63) is 65.7 Å². The average Bonchev–Trinajstić information content (AvgIpc) is 2.96. The number of nitrogens with zero attached hydrogens (tertiary/aromatic N) is 1. The van der Waals surface area contributed by atoms with Crippen molar-refractivity contribution in [3.8, 4) is 5.75 Å². The van der Waals surface area contributed by atoms with E-state index in [2.05, 4.69) is 50.4 Å². The van der Waals surface area contributed by atoms with Gasteiger partial charge in [-0.15, -0.1) is 6.58 Å². The van der Waals surface area contributed by atoms with Crippen molar-refractivity contribution in [3.63, 3.8) is 0 Å². The van der Waals surface area contributed by atoms with E-state index in [1.54, 1.807) is 0 Å². The maximum absolute atomic E-state index is 12.0. The van der Waals surface area contributed by atoms with Gasteiger partial charge in [0.1, 0.15) is 16.7 Å². The molecule has 3 atom stereocenters. The van der Waals surface area contributed by atoms with E-state index in [4.69, 9.17) is 9.88 Å². The number of benzene rings is 2. The maximum Gasteiger partial charge on any atom is 0.142 e. The minimum Gasteiger partial charge on any atom is -0.491 e. The fraction of sp³-hybridized carbons (Fsp3) is 0.481. The van der Waals surface area contributed by atoms with Gasteiger partial charge in [0.2, 0.25) is 0 Å². The lowest BCUT2D eigenvalue weighted by molar-refractivity contribution is 0.299. The molecule has 4 nitrogen and oxygen atoms in total. The lowest BCUT2D eigenvalue weighted by Gasteiger charge is -2.29. The van der Waals surface area contributed by atoms with Crippen LogP contribution in [0.25, 0.3) is 0 Å². The highest BCUT2D eigenvalue weighted by Crippen LogP contribution is 2.37. The second-order valence-electron chi connectivity index (χ2n) is 8.92. The van der Waals surface area contributed by atoms with Crippen molar-refractivity contribution in [2.75, 3.05) is 24.6 Å². The first-order valence-electron chi connectivity index (χ1n) is 11.8. The van der Waals surface area contributed by atoms with Crippen LogP contribution in [0, 0.1) is 12.8 Å². The number of nitrogens with two attached hydrogens (primary N) is 1. The Kier molecular flexibility index (Phi) is 8.94. The Hall–Kier alpha value is -2.11. The van der Waals surface area contributed by atoms with Gasteiger partial charge in [0.05, 0.1) is 17.2 Å². The third-order valence-electron chi connectivity index (χ3n) is 6.53. The van der Waals surface area contributed by atoms with E-state index in [-0.39, 0.29) is 5.92 Å². The van der Waals surface area contributed by atoms with Crippen LogP contribution < -0.4 is 14.8 Å². The van der Waals surface area contributed by atoms with Gasteiger partial charge in [-0.1, -0.05) is 56.5 Å². The Balaban J connectivity index is 1.95. The number of ether oxygens (including phenoxy) is 1. The molecule has 1 aliphatic heterocycles. The highest BCUT2D eigenvalue weighted by atomic mass is 32.2. The van der Waals surface area contributed by atoms with Crippen molar-refractivity contribution in [1.29, 1.82) is 0 Å². The standard InChI is InChI=1S/C27H38N2O2S/c1-5-8-21(7-3)14-15-29-18-23(25-12-10-20(4)16-22(25)9-6-2)19-31-27-13-11-24(32(28)30)17-26(27)29/h5,10-13,16-17,21,23H,1,6-9,14-15,18-19,28H2,2-4H3. The van der Waals surface area contributed by atoms with Crippen LogP contribution in [0.4, 0.5) is 5.69 Å². The smallest absolute Gasteiger partial charge is 0.142 e. The molecule has 3 unspecified atom stereocenters. The van der Waals surface area contributed by atoms with Gasteiger partial charge >= 0.3 is 0 Å². The van der Waals surface area contributed by atoms with Crippen LogP contribution in [-0.4, -0.2) is 23.9 Å². The summed E-state index contributed by atoms with van der Waals surface area (Å²) in [6.45, 7) is 13.0. The second-order valence-corrected chi connectivity index (χ2v) is 9.99. The van der Waals surface area contributed by atoms with Gasteiger partial charge in [-0.05, 0) is 61.4 Å². The van der Waals surface area contributed by atoms with E-state index in [9.17, 15) is 4.21 Å². The molecule has 32 heavy (non-hydrogen) atoms. The third-order valence-corrected chi connectivity index (χ3v) is 7.24. The molecule has 2 N–H and O–H groups in total. The first kappa shape index (κ1) is 24.5. The molecule has 1 heterocycles. The van der Waals surface area contributed by atoms with E-state index in [1.165, 1.54) is 16.7 Å². The summed E-state index contributed by atoms with van der Waals surface area (Å²) in [6, 6.07) is 12.5. The number of hydrogen-bond acceptors (Lipinski definition) is 3. The molecule has 0 bridgehead atoms. The van der Waals surface area contributed by atoms with Crippen LogP contribution in [0.2, 0.25) is 0 Å². The first-order chi connectivity index (χ1) is 15.5. The molecule has 174 valence electrons. The fourth-order valence-electron chi connectivity index (χ4n) is 4.68. The molecule has 0 amide bonds. The van der Waals surface area contributed by atoms with E-state index in [0.29, 0.717) is 17.4 Å². The molecule has 0 aliphatic carbocycles. The molecule has 0 radical (unpaired) electrons. The Morgan fingerprint density at radius 3 is 2.78 bits per heavy atom. The quantitative estimate of drug-likeness (QED) is 0.455. The minimum absolute atomic E-state index is 0.274. The Labute approximate surface area is 196 Å². The van der Waals surface area contributed by atoms with Crippen LogP contribution in [0.15, 0.2) is 53.9 Å². The highest BCUT2D eigenvalue weighted by molar-refractivity contribution is 7.82. The van der Waals surface area contributed by atoms with Crippen LogP contribution in [0.3, 0.4) is 0 Å². The normalized spacial score (nSPS) is 17.8. The molecular weight excluding hydrogens is 416 g/mol. The zero-order valence-electron chi connectivity index (χ0n) is 19.8. The van der Waals surface area contributed by atoms with Crippen molar-refractivity contribution in [1.82, 2.24) is 0 Å². The van der Waals surface area contributed by atoms with Crippen molar-refractivity contribution >= 4 is 16.7 Å². The van der Waals surface area contributed by atoms with E-state index in [1.807, 2.05) is 24.3 Å². The molecular formula is C27H38N2O2S. The van der Waals surface area contributed by atoms with Gasteiger partial charge in [0, 0.05) is 19.0 Å². The summed E-state index contributed by atoms with van der Waals surface area (Å²) in [5.41, 5.74) is 5.11. The molecule has 0 saturated carbocycles. The Morgan fingerprint density at radius 1 is 1.28 bits per heavy atom. The summed E-state index contributed by atoms with van der Waals surface area (Å²) in [4.78, 5) is 3.06. The molecule has 5 heteroatoms. The average molecular weight is 455 g/mol. The molecule has 0 aromatic heterocycles. The lowest BCUT2D eigenvalue weighted by Crippen LogP contribution is -2.31. The maximum atomic E-state index is 12.0. The zero-order chi connectivity index (χ0) is 23.1. The highest BCUT2D eigenvalue weighted by Gasteiger charge is 2.27. The van der Waals surface area contributed by atoms with Crippen LogP contribution in [0.5, 0.6) is 5.75 Å². The molecule has 0 fully saturated rings. The Morgan fingerprint density at radius 2 is 2.09 bits per heavy atom. The number of hydrogen-bond donors (Lipinski definition) is 1. The van der Waals surface area contributed by atoms with Crippen molar-refractivity contribution in [2.24, 2.45) is 11.1 Å². The van der Waals surface area contributed by atoms with Crippen molar-refractivity contribution in [2.45, 2.75) is 63.7 Å². The number of anilines is 1. The van der Waals surface area contributed by atoms with E-state index >= 15 is 0 Å². The van der Waals surface area contributed by atoms with Gasteiger partial charge in [0.15, 0.2) is 0 Å². The lowest BCUT2D eigenvalue weighted by atomic mass is 9.90. The SMILES string of the molecule is C=CCC(CC)CCN1CC(c2ccc(C)cc2CCC)COc2ccc(S(N)=O)cc21. The van der Waals surface area contributed by atoms with Gasteiger partial charge < -0.3 is 9.64 Å². The van der Waals surface area contributed by atoms with Crippen LogP contribution in [0.1, 0.15) is 62.1 Å². The molecule has 0 saturated heterocycles. The predicted molar refractivity (Wildman–Crippen MR) is 136 cm³/mol. The van der Waals surface area contributed by atoms with Crippen molar-refractivity contribution < 1.29 is 8.95 Å². The summed E-state index contributed by atoms with van der Waals surface area (Å²) < 4.78 is 18.3. The number of fused-ring (bicyclic) bond motifs is 1. The Bertz CT molecular complexity index is 943.